The molecule has 1 N–H and O–H groups in total. The maximum absolute atomic E-state index is 12.9. The van der Waals surface area contributed by atoms with Crippen LogP contribution in [0.3, 0.4) is 0 Å². The molecule has 0 aliphatic carbocycles. The lowest BCUT2D eigenvalue weighted by molar-refractivity contribution is 0.102. The number of carbonyl (C=O) groups excluding carboxylic acids is 1. The first-order valence-electron chi connectivity index (χ1n) is 9.09. The third-order valence-corrected chi connectivity index (χ3v) is 4.83. The third kappa shape index (κ3) is 3.26. The molecule has 3 aromatic rings. The Hall–Kier alpha value is -3.28. The topological polar surface area (TPSA) is 71.0 Å². The summed E-state index contributed by atoms with van der Waals surface area (Å²) in [5, 5.41) is 3.02. The van der Waals surface area contributed by atoms with E-state index in [0.717, 1.165) is 35.5 Å². The molecule has 136 valence electrons. The lowest BCUT2D eigenvalue weighted by Crippen LogP contribution is -2.20. The second kappa shape index (κ2) is 7.15. The van der Waals surface area contributed by atoms with E-state index < -0.39 is 0 Å². The molecule has 0 aromatic carbocycles. The van der Waals surface area contributed by atoms with Crippen molar-refractivity contribution in [1.82, 2.24) is 15.0 Å². The smallest absolute Gasteiger partial charge is 0.259 e. The molecule has 0 radical (unpaired) electrons. The van der Waals surface area contributed by atoms with Crippen molar-refractivity contribution in [3.63, 3.8) is 0 Å². The van der Waals surface area contributed by atoms with Gasteiger partial charge in [0.05, 0.1) is 11.3 Å². The van der Waals surface area contributed by atoms with Crippen molar-refractivity contribution in [2.45, 2.75) is 26.7 Å². The number of pyridine rings is 3. The van der Waals surface area contributed by atoms with Crippen LogP contribution in [0.5, 0.6) is 0 Å². The molecule has 1 amide bonds. The molecule has 0 saturated heterocycles. The van der Waals surface area contributed by atoms with E-state index in [9.17, 15) is 4.79 Å². The first-order chi connectivity index (χ1) is 13.2. The van der Waals surface area contributed by atoms with Gasteiger partial charge in [0.2, 0.25) is 0 Å². The highest BCUT2D eigenvalue weighted by atomic mass is 16.1. The Balaban J connectivity index is 1.69. The van der Waals surface area contributed by atoms with Gasteiger partial charge in [0.1, 0.15) is 5.82 Å². The molecule has 0 unspecified atom stereocenters. The van der Waals surface area contributed by atoms with E-state index in [1.807, 2.05) is 49.2 Å². The van der Waals surface area contributed by atoms with Crippen LogP contribution >= 0.6 is 0 Å². The number of fused-ring (bicyclic) bond motifs is 2. The maximum Gasteiger partial charge on any atom is 0.259 e. The van der Waals surface area contributed by atoms with Gasteiger partial charge in [-0.2, -0.15) is 0 Å². The van der Waals surface area contributed by atoms with E-state index in [-0.39, 0.29) is 5.91 Å². The quantitative estimate of drug-likeness (QED) is 0.769. The highest BCUT2D eigenvalue weighted by Crippen LogP contribution is 2.36. The first-order valence-corrected chi connectivity index (χ1v) is 9.09. The predicted molar refractivity (Wildman–Crippen MR) is 105 cm³/mol. The van der Waals surface area contributed by atoms with Crippen LogP contribution < -0.4 is 10.2 Å². The largest absolute Gasteiger partial charge is 0.318 e. The summed E-state index contributed by atoms with van der Waals surface area (Å²) in [6, 6.07) is 7.86. The molecule has 6 heteroatoms. The summed E-state index contributed by atoms with van der Waals surface area (Å²) in [4.78, 5) is 28.1. The van der Waals surface area contributed by atoms with E-state index >= 15 is 0 Å². The summed E-state index contributed by atoms with van der Waals surface area (Å²) < 4.78 is 0. The summed E-state index contributed by atoms with van der Waals surface area (Å²) in [6.45, 7) is 4.68. The summed E-state index contributed by atoms with van der Waals surface area (Å²) in [7, 11) is 0. The molecular weight excluding hydrogens is 338 g/mol. The van der Waals surface area contributed by atoms with Gasteiger partial charge in [-0.05, 0) is 67.6 Å². The van der Waals surface area contributed by atoms with Gasteiger partial charge < -0.3 is 10.2 Å². The van der Waals surface area contributed by atoms with Crippen molar-refractivity contribution in [3.8, 4) is 0 Å². The molecule has 1 aliphatic heterocycles. The molecule has 1 aliphatic rings. The van der Waals surface area contributed by atoms with Crippen LogP contribution in [0.15, 0.2) is 49.1 Å². The molecule has 3 aromatic heterocycles. The average molecular weight is 359 g/mol. The highest BCUT2D eigenvalue weighted by molar-refractivity contribution is 6.11. The average Bonchev–Trinajstić information content (AvgIpc) is 2.82. The zero-order valence-electron chi connectivity index (χ0n) is 15.4. The van der Waals surface area contributed by atoms with Crippen LogP contribution in [0.4, 0.5) is 17.3 Å². The van der Waals surface area contributed by atoms with Gasteiger partial charge in [0.15, 0.2) is 5.82 Å². The van der Waals surface area contributed by atoms with Crippen LogP contribution in [0.2, 0.25) is 0 Å². The van der Waals surface area contributed by atoms with E-state index in [2.05, 4.69) is 20.3 Å². The SMILES string of the molecule is CCN1c2ncc(CCc3ccncc3)cc2C(=O)Nc2c(C)ccnc21. The van der Waals surface area contributed by atoms with Gasteiger partial charge in [-0.1, -0.05) is 0 Å². The molecule has 0 saturated carbocycles. The minimum Gasteiger partial charge on any atom is -0.318 e. The lowest BCUT2D eigenvalue weighted by Gasteiger charge is -2.22. The minimum atomic E-state index is -0.142. The number of hydrogen-bond donors (Lipinski definition) is 1. The lowest BCUT2D eigenvalue weighted by atomic mass is 10.0. The Labute approximate surface area is 158 Å². The molecule has 0 atom stereocenters. The van der Waals surface area contributed by atoms with Crippen LogP contribution in [0.1, 0.15) is 34.0 Å². The minimum absolute atomic E-state index is 0.142. The van der Waals surface area contributed by atoms with Crippen molar-refractivity contribution >= 4 is 23.2 Å². The molecule has 0 bridgehead atoms. The number of aromatic nitrogens is 3. The van der Waals surface area contributed by atoms with Crippen molar-refractivity contribution in [1.29, 1.82) is 0 Å². The third-order valence-electron chi connectivity index (χ3n) is 4.83. The van der Waals surface area contributed by atoms with Gasteiger partial charge in [0, 0.05) is 31.3 Å². The van der Waals surface area contributed by atoms with Gasteiger partial charge in [-0.3, -0.25) is 9.78 Å². The summed E-state index contributed by atoms with van der Waals surface area (Å²) in [6.07, 6.45) is 8.90. The standard InChI is InChI=1S/C21H21N5O/c1-3-26-19-17(21(27)25-18-14(2)6-11-23-20(18)26)12-16(13-24-19)5-4-15-7-9-22-10-8-15/h6-13H,3-5H2,1-2H3,(H,25,27). The number of nitrogens with one attached hydrogen (secondary N) is 1. The van der Waals surface area contributed by atoms with Crippen LogP contribution in [0.25, 0.3) is 0 Å². The zero-order valence-corrected chi connectivity index (χ0v) is 15.4. The summed E-state index contributed by atoms with van der Waals surface area (Å²) in [5.41, 5.74) is 4.57. The van der Waals surface area contributed by atoms with E-state index in [4.69, 9.17) is 0 Å². The van der Waals surface area contributed by atoms with Crippen molar-refractivity contribution < 1.29 is 4.79 Å². The molecule has 4 rings (SSSR count). The van der Waals surface area contributed by atoms with Gasteiger partial charge >= 0.3 is 0 Å². The van der Waals surface area contributed by atoms with Crippen LogP contribution in [-0.4, -0.2) is 27.4 Å². The van der Waals surface area contributed by atoms with Crippen molar-refractivity contribution in [2.24, 2.45) is 0 Å². The Bertz CT molecular complexity index is 987. The summed E-state index contributed by atoms with van der Waals surface area (Å²) in [5.74, 6) is 1.25. The Morgan fingerprint density at radius 2 is 1.78 bits per heavy atom. The molecule has 0 spiro atoms. The van der Waals surface area contributed by atoms with Gasteiger partial charge in [0.25, 0.3) is 5.91 Å². The molecular formula is C21H21N5O. The number of carbonyl (C=O) groups is 1. The van der Waals surface area contributed by atoms with Gasteiger partial charge in [-0.25, -0.2) is 9.97 Å². The summed E-state index contributed by atoms with van der Waals surface area (Å²) >= 11 is 0. The zero-order chi connectivity index (χ0) is 18.8. The first kappa shape index (κ1) is 17.1. The Kier molecular flexibility index (Phi) is 4.54. The monoisotopic (exact) mass is 359 g/mol. The fourth-order valence-electron chi connectivity index (χ4n) is 3.34. The Morgan fingerprint density at radius 3 is 2.56 bits per heavy atom. The van der Waals surface area contributed by atoms with Crippen molar-refractivity contribution in [3.05, 3.63) is 71.3 Å². The van der Waals surface area contributed by atoms with Crippen molar-refractivity contribution in [2.75, 3.05) is 16.8 Å². The van der Waals surface area contributed by atoms with Gasteiger partial charge in [-0.15, -0.1) is 0 Å². The number of rotatable bonds is 4. The number of amides is 1. The fraction of sp³-hybridized carbons (Fsp3) is 0.238. The predicted octanol–water partition coefficient (Wildman–Crippen LogP) is 3.69. The highest BCUT2D eigenvalue weighted by Gasteiger charge is 2.27. The molecule has 4 heterocycles. The number of hydrogen-bond acceptors (Lipinski definition) is 5. The number of aryl methyl sites for hydroxylation is 3. The number of anilines is 3. The van der Waals surface area contributed by atoms with Crippen LogP contribution in [0, 0.1) is 6.92 Å². The molecule has 27 heavy (non-hydrogen) atoms. The normalized spacial score (nSPS) is 12.8. The second-order valence-corrected chi connectivity index (χ2v) is 6.60. The Morgan fingerprint density at radius 1 is 1.00 bits per heavy atom. The van der Waals surface area contributed by atoms with E-state index in [1.165, 1.54) is 5.56 Å². The van der Waals surface area contributed by atoms with E-state index in [0.29, 0.717) is 17.9 Å². The maximum atomic E-state index is 12.9. The second-order valence-electron chi connectivity index (χ2n) is 6.60. The number of nitrogens with zero attached hydrogens (tertiary/aromatic N) is 4. The van der Waals surface area contributed by atoms with Crippen LogP contribution in [-0.2, 0) is 12.8 Å². The molecule has 6 nitrogen and oxygen atoms in total. The molecule has 0 fully saturated rings. The fourth-order valence-corrected chi connectivity index (χ4v) is 3.34. The van der Waals surface area contributed by atoms with E-state index in [1.54, 1.807) is 18.6 Å².